The molecule has 0 N–H and O–H groups in total. The number of rotatable bonds is 1. The zero-order valence-electron chi connectivity index (χ0n) is 4.97. The number of aryl methyl sites for hydroxylation is 1. The van der Waals surface area contributed by atoms with Crippen LogP contribution < -0.4 is 0 Å². The average Bonchev–Trinajstić information content (AvgIpc) is 2.14. The zero-order valence-corrected chi connectivity index (χ0v) is 6.60. The van der Waals surface area contributed by atoms with Crippen LogP contribution in [0.25, 0.3) is 0 Å². The second-order valence-corrected chi connectivity index (χ2v) is 3.96. The average molecular weight is 144 g/mol. The molecule has 0 aromatic carbocycles. The monoisotopic (exact) mass is 144 g/mol. The van der Waals surface area contributed by atoms with E-state index in [4.69, 9.17) is 0 Å². The molecule has 0 nitrogen and oxygen atoms in total. The van der Waals surface area contributed by atoms with Crippen molar-refractivity contribution in [2.24, 2.45) is 0 Å². The van der Waals surface area contributed by atoms with Crippen LogP contribution >= 0.6 is 23.1 Å². The Bertz CT molecular complexity index is 167. The molecule has 1 heterocycles. The largest absolute Gasteiger partial charge is 0.134 e. The molecule has 8 heavy (non-hydrogen) atoms. The molecule has 1 aromatic heterocycles. The molecule has 44 valence electrons. The van der Waals surface area contributed by atoms with Gasteiger partial charge in [0.2, 0.25) is 0 Å². The van der Waals surface area contributed by atoms with Gasteiger partial charge in [0.1, 0.15) is 0 Å². The van der Waals surface area contributed by atoms with Crippen LogP contribution in [0, 0.1) is 6.92 Å². The van der Waals surface area contributed by atoms with Crippen molar-refractivity contribution >= 4 is 23.1 Å². The molecular formula is C6H8S2. The summed E-state index contributed by atoms with van der Waals surface area (Å²) in [5.74, 6) is 0. The maximum Gasteiger partial charge on any atom is 0.0598 e. The Morgan fingerprint density at radius 1 is 1.50 bits per heavy atom. The second-order valence-electron chi connectivity index (χ2n) is 1.57. The minimum absolute atomic E-state index is 1.40. The van der Waals surface area contributed by atoms with Gasteiger partial charge < -0.3 is 0 Å². The Labute approximate surface area is 57.9 Å². The summed E-state index contributed by atoms with van der Waals surface area (Å²) in [6.07, 6.45) is 2.10. The van der Waals surface area contributed by atoms with E-state index in [9.17, 15) is 0 Å². The molecule has 0 saturated carbocycles. The van der Waals surface area contributed by atoms with Crippen LogP contribution in [0.3, 0.4) is 0 Å². The SMILES string of the molecule is CSc1ccc(C)s1. The Balaban J connectivity index is 2.84. The topological polar surface area (TPSA) is 0 Å². The Hall–Kier alpha value is 0.0500. The molecule has 0 atom stereocenters. The van der Waals surface area contributed by atoms with Gasteiger partial charge in [-0.1, -0.05) is 0 Å². The van der Waals surface area contributed by atoms with E-state index in [0.29, 0.717) is 0 Å². The maximum atomic E-state index is 2.16. The lowest BCUT2D eigenvalue weighted by Gasteiger charge is -1.80. The van der Waals surface area contributed by atoms with E-state index in [1.807, 2.05) is 23.1 Å². The van der Waals surface area contributed by atoms with Gasteiger partial charge in [0, 0.05) is 4.88 Å². The van der Waals surface area contributed by atoms with E-state index >= 15 is 0 Å². The van der Waals surface area contributed by atoms with Gasteiger partial charge in [-0.05, 0) is 25.3 Å². The van der Waals surface area contributed by atoms with Crippen LogP contribution in [0.4, 0.5) is 0 Å². The molecule has 0 aliphatic carbocycles. The van der Waals surface area contributed by atoms with Gasteiger partial charge in [-0.3, -0.25) is 0 Å². The predicted octanol–water partition coefficient (Wildman–Crippen LogP) is 2.78. The molecule has 0 spiro atoms. The quantitative estimate of drug-likeness (QED) is 0.546. The third kappa shape index (κ3) is 1.26. The fraction of sp³-hybridized carbons (Fsp3) is 0.333. The smallest absolute Gasteiger partial charge is 0.0598 e. The second kappa shape index (κ2) is 2.55. The van der Waals surface area contributed by atoms with Gasteiger partial charge in [-0.15, -0.1) is 23.1 Å². The lowest BCUT2D eigenvalue weighted by atomic mass is 10.5. The summed E-state index contributed by atoms with van der Waals surface area (Å²) in [7, 11) is 0. The van der Waals surface area contributed by atoms with Gasteiger partial charge in [-0.2, -0.15) is 0 Å². The first kappa shape index (κ1) is 6.17. The normalized spacial score (nSPS) is 9.75. The summed E-state index contributed by atoms with van der Waals surface area (Å²) < 4.78 is 1.41. The van der Waals surface area contributed by atoms with E-state index in [0.717, 1.165) is 0 Å². The minimum Gasteiger partial charge on any atom is -0.134 e. The summed E-state index contributed by atoms with van der Waals surface area (Å²) in [5, 5.41) is 0. The fourth-order valence-electron chi connectivity index (χ4n) is 0.522. The molecule has 0 saturated heterocycles. The molecule has 0 unspecified atom stereocenters. The van der Waals surface area contributed by atoms with Crippen molar-refractivity contribution in [2.75, 3.05) is 6.26 Å². The number of thioether (sulfide) groups is 1. The number of hydrogen-bond donors (Lipinski definition) is 0. The Morgan fingerprint density at radius 2 is 2.25 bits per heavy atom. The summed E-state index contributed by atoms with van der Waals surface area (Å²) in [5.41, 5.74) is 0. The summed E-state index contributed by atoms with van der Waals surface area (Å²) in [6, 6.07) is 4.31. The number of thiophene rings is 1. The van der Waals surface area contributed by atoms with Crippen LogP contribution in [-0.2, 0) is 0 Å². The first-order valence-electron chi connectivity index (χ1n) is 2.43. The lowest BCUT2D eigenvalue weighted by Crippen LogP contribution is -1.46. The van der Waals surface area contributed by atoms with Gasteiger partial charge in [0.25, 0.3) is 0 Å². The minimum atomic E-state index is 1.40. The lowest BCUT2D eigenvalue weighted by molar-refractivity contribution is 1.63. The van der Waals surface area contributed by atoms with Gasteiger partial charge in [0.15, 0.2) is 0 Å². The van der Waals surface area contributed by atoms with E-state index < -0.39 is 0 Å². The van der Waals surface area contributed by atoms with Crippen LogP contribution in [0.15, 0.2) is 16.3 Å². The molecular weight excluding hydrogens is 136 g/mol. The number of hydrogen-bond acceptors (Lipinski definition) is 2. The van der Waals surface area contributed by atoms with Crippen molar-refractivity contribution in [3.05, 3.63) is 17.0 Å². The van der Waals surface area contributed by atoms with E-state index in [-0.39, 0.29) is 0 Å². The molecule has 2 heteroatoms. The van der Waals surface area contributed by atoms with Crippen LogP contribution in [-0.4, -0.2) is 6.26 Å². The maximum absolute atomic E-state index is 2.16. The molecule has 0 aliphatic heterocycles. The van der Waals surface area contributed by atoms with Crippen molar-refractivity contribution in [1.82, 2.24) is 0 Å². The van der Waals surface area contributed by atoms with E-state index in [1.165, 1.54) is 9.09 Å². The summed E-state index contributed by atoms with van der Waals surface area (Å²) >= 11 is 3.66. The molecule has 0 bridgehead atoms. The molecule has 1 aromatic rings. The van der Waals surface area contributed by atoms with E-state index in [1.54, 1.807) is 0 Å². The highest BCUT2D eigenvalue weighted by Gasteiger charge is 1.90. The van der Waals surface area contributed by atoms with Crippen molar-refractivity contribution in [2.45, 2.75) is 11.1 Å². The Kier molecular flexibility index (Phi) is 1.97. The van der Waals surface area contributed by atoms with Crippen LogP contribution in [0.1, 0.15) is 4.88 Å². The van der Waals surface area contributed by atoms with Crippen LogP contribution in [0.2, 0.25) is 0 Å². The highest BCUT2D eigenvalue weighted by atomic mass is 32.2. The predicted molar refractivity (Wildman–Crippen MR) is 40.8 cm³/mol. The summed E-state index contributed by atoms with van der Waals surface area (Å²) in [4.78, 5) is 1.40. The molecule has 0 aliphatic rings. The third-order valence-electron chi connectivity index (χ3n) is 0.917. The van der Waals surface area contributed by atoms with Crippen molar-refractivity contribution in [3.8, 4) is 0 Å². The first-order chi connectivity index (χ1) is 3.83. The third-order valence-corrected chi connectivity index (χ3v) is 3.00. The van der Waals surface area contributed by atoms with E-state index in [2.05, 4.69) is 25.3 Å². The molecule has 0 radical (unpaired) electrons. The van der Waals surface area contributed by atoms with Crippen molar-refractivity contribution in [3.63, 3.8) is 0 Å². The molecule has 0 fully saturated rings. The molecule has 1 rings (SSSR count). The fourth-order valence-corrected chi connectivity index (χ4v) is 2.04. The first-order valence-corrected chi connectivity index (χ1v) is 4.47. The highest BCUT2D eigenvalue weighted by molar-refractivity contribution is 8.00. The van der Waals surface area contributed by atoms with Crippen molar-refractivity contribution < 1.29 is 0 Å². The zero-order chi connectivity index (χ0) is 5.98. The van der Waals surface area contributed by atoms with Crippen molar-refractivity contribution in [1.29, 1.82) is 0 Å². The standard InChI is InChI=1S/C6H8S2/c1-5-3-4-6(7-2)8-5/h3-4H,1-2H3. The highest BCUT2D eigenvalue weighted by Crippen LogP contribution is 2.23. The molecule has 0 amide bonds. The Morgan fingerprint density at radius 3 is 2.50 bits per heavy atom. The summed E-state index contributed by atoms with van der Waals surface area (Å²) in [6.45, 7) is 2.13. The van der Waals surface area contributed by atoms with Gasteiger partial charge >= 0.3 is 0 Å². The van der Waals surface area contributed by atoms with Crippen LogP contribution in [0.5, 0.6) is 0 Å². The van der Waals surface area contributed by atoms with Gasteiger partial charge in [-0.25, -0.2) is 0 Å². The van der Waals surface area contributed by atoms with Gasteiger partial charge in [0.05, 0.1) is 4.21 Å².